The van der Waals surface area contributed by atoms with Crippen LogP contribution in [0.25, 0.3) is 0 Å². The van der Waals surface area contributed by atoms with Crippen LogP contribution in [0.5, 0.6) is 0 Å². The van der Waals surface area contributed by atoms with Gasteiger partial charge in [-0.1, -0.05) is 13.3 Å². The zero-order chi connectivity index (χ0) is 10.9. The van der Waals surface area contributed by atoms with Crippen molar-refractivity contribution in [2.24, 2.45) is 0 Å². The molecular formula is C11H20N2O2. The summed E-state index contributed by atoms with van der Waals surface area (Å²) >= 11 is 0. The summed E-state index contributed by atoms with van der Waals surface area (Å²) < 4.78 is 0. The topological polar surface area (TPSA) is 52.6 Å². The number of amides is 1. The third kappa shape index (κ3) is 2.16. The first-order chi connectivity index (χ1) is 7.14. The number of nitrogens with one attached hydrogen (secondary N) is 1. The van der Waals surface area contributed by atoms with E-state index in [0.29, 0.717) is 13.1 Å². The zero-order valence-electron chi connectivity index (χ0n) is 9.33. The lowest BCUT2D eigenvalue weighted by molar-refractivity contribution is -0.158. The van der Waals surface area contributed by atoms with Crippen molar-refractivity contribution in [1.29, 1.82) is 0 Å². The molecule has 0 aromatic heterocycles. The van der Waals surface area contributed by atoms with Gasteiger partial charge in [0, 0.05) is 0 Å². The average Bonchev–Trinajstić information content (AvgIpc) is 2.25. The molecule has 2 heterocycles. The Bertz CT molecular complexity index is 243. The minimum absolute atomic E-state index is 0.000145. The summed E-state index contributed by atoms with van der Waals surface area (Å²) in [7, 11) is 0. The molecule has 2 fully saturated rings. The molecule has 86 valence electrons. The lowest BCUT2D eigenvalue weighted by atomic mass is 9.90. The molecular weight excluding hydrogens is 192 g/mol. The molecule has 2 aliphatic heterocycles. The second-order valence-corrected chi connectivity index (χ2v) is 4.77. The Hall–Kier alpha value is -0.610. The molecule has 0 spiro atoms. The van der Waals surface area contributed by atoms with Gasteiger partial charge in [-0.2, -0.15) is 0 Å². The van der Waals surface area contributed by atoms with Crippen molar-refractivity contribution in [3.63, 3.8) is 0 Å². The van der Waals surface area contributed by atoms with Gasteiger partial charge in [0.2, 0.25) is 5.91 Å². The van der Waals surface area contributed by atoms with Crippen molar-refractivity contribution in [3.05, 3.63) is 0 Å². The van der Waals surface area contributed by atoms with Gasteiger partial charge < -0.3 is 15.3 Å². The highest BCUT2D eigenvalue weighted by atomic mass is 16.3. The van der Waals surface area contributed by atoms with E-state index >= 15 is 0 Å². The largest absolute Gasteiger partial charge is 0.386 e. The number of β-amino-alcohol motifs (C(OH)–C–C–N with tert-alkyl or cyclic N) is 1. The molecule has 4 nitrogen and oxygen atoms in total. The molecule has 2 rings (SSSR count). The van der Waals surface area contributed by atoms with Crippen LogP contribution in [0.3, 0.4) is 0 Å². The van der Waals surface area contributed by atoms with E-state index in [2.05, 4.69) is 5.32 Å². The van der Waals surface area contributed by atoms with Crippen LogP contribution < -0.4 is 5.32 Å². The quantitative estimate of drug-likeness (QED) is 0.683. The molecule has 0 aromatic carbocycles. The number of carbonyl (C=O) groups excluding carboxylic acids is 1. The highest BCUT2D eigenvalue weighted by Crippen LogP contribution is 2.25. The maximum Gasteiger partial charge on any atom is 0.239 e. The second-order valence-electron chi connectivity index (χ2n) is 4.77. The number of hydrogen-bond acceptors (Lipinski definition) is 3. The molecule has 0 saturated carbocycles. The molecule has 0 radical (unpaired) electrons. The highest BCUT2D eigenvalue weighted by molar-refractivity contribution is 5.83. The lowest BCUT2D eigenvalue weighted by Gasteiger charge is -2.47. The normalized spacial score (nSPS) is 29.7. The van der Waals surface area contributed by atoms with Gasteiger partial charge in [0.15, 0.2) is 0 Å². The minimum atomic E-state index is -0.607. The molecule has 1 amide bonds. The predicted molar refractivity (Wildman–Crippen MR) is 57.5 cm³/mol. The van der Waals surface area contributed by atoms with Crippen LogP contribution in [0.1, 0.15) is 32.6 Å². The maximum atomic E-state index is 11.9. The Kier molecular flexibility index (Phi) is 2.98. The summed E-state index contributed by atoms with van der Waals surface area (Å²) in [6.45, 7) is 3.93. The van der Waals surface area contributed by atoms with E-state index in [1.165, 1.54) is 6.42 Å². The number of rotatable bonds is 2. The number of carbonyl (C=O) groups is 1. The van der Waals surface area contributed by atoms with Gasteiger partial charge in [0.1, 0.15) is 0 Å². The van der Waals surface area contributed by atoms with E-state index in [1.54, 1.807) is 4.90 Å². The van der Waals surface area contributed by atoms with Gasteiger partial charge in [0.05, 0.1) is 24.7 Å². The number of likely N-dealkylation sites (tertiary alicyclic amines) is 1. The highest BCUT2D eigenvalue weighted by Gasteiger charge is 2.43. The van der Waals surface area contributed by atoms with Gasteiger partial charge in [-0.3, -0.25) is 4.79 Å². The van der Waals surface area contributed by atoms with Crippen molar-refractivity contribution in [2.45, 2.75) is 44.2 Å². The van der Waals surface area contributed by atoms with Crippen molar-refractivity contribution in [3.8, 4) is 0 Å². The fourth-order valence-electron chi connectivity index (χ4n) is 2.33. The van der Waals surface area contributed by atoms with E-state index < -0.39 is 5.60 Å². The summed E-state index contributed by atoms with van der Waals surface area (Å²) in [5.74, 6) is 0.174. The summed E-state index contributed by atoms with van der Waals surface area (Å²) in [6, 6.07) is 0.000145. The predicted octanol–water partition coefficient (Wildman–Crippen LogP) is 0.112. The summed E-state index contributed by atoms with van der Waals surface area (Å²) in [6.07, 6.45) is 3.98. The second kappa shape index (κ2) is 4.10. The Morgan fingerprint density at radius 1 is 1.53 bits per heavy atom. The van der Waals surface area contributed by atoms with Crippen molar-refractivity contribution < 1.29 is 9.90 Å². The molecule has 1 unspecified atom stereocenters. The van der Waals surface area contributed by atoms with E-state index in [1.807, 2.05) is 6.92 Å². The Balaban J connectivity index is 1.83. The van der Waals surface area contributed by atoms with Crippen LogP contribution in [0.4, 0.5) is 0 Å². The fourth-order valence-corrected chi connectivity index (χ4v) is 2.33. The van der Waals surface area contributed by atoms with Crippen LogP contribution in [0.15, 0.2) is 0 Å². The Morgan fingerprint density at radius 3 is 2.80 bits per heavy atom. The monoisotopic (exact) mass is 212 g/mol. The van der Waals surface area contributed by atoms with E-state index in [-0.39, 0.29) is 11.9 Å². The molecule has 0 aliphatic carbocycles. The molecule has 0 bridgehead atoms. The van der Waals surface area contributed by atoms with Crippen molar-refractivity contribution in [1.82, 2.24) is 10.2 Å². The van der Waals surface area contributed by atoms with E-state index in [9.17, 15) is 9.90 Å². The lowest BCUT2D eigenvalue weighted by Crippen LogP contribution is -2.66. The van der Waals surface area contributed by atoms with Crippen molar-refractivity contribution >= 4 is 5.91 Å². The number of aliphatic hydroxyl groups is 1. The first kappa shape index (κ1) is 10.9. The number of nitrogens with zero attached hydrogens (tertiary/aromatic N) is 1. The van der Waals surface area contributed by atoms with Gasteiger partial charge in [-0.05, 0) is 25.8 Å². The van der Waals surface area contributed by atoms with Gasteiger partial charge in [-0.25, -0.2) is 0 Å². The molecule has 2 N–H and O–H groups in total. The molecule has 2 saturated heterocycles. The number of hydrogen-bond donors (Lipinski definition) is 2. The molecule has 4 heteroatoms. The van der Waals surface area contributed by atoms with Crippen LogP contribution in [0, 0.1) is 0 Å². The Labute approximate surface area is 90.6 Å². The molecule has 0 aromatic rings. The fraction of sp³-hybridized carbons (Fsp3) is 0.909. The van der Waals surface area contributed by atoms with E-state index in [4.69, 9.17) is 0 Å². The number of piperidine rings is 1. The first-order valence-corrected chi connectivity index (χ1v) is 5.89. The third-order valence-corrected chi connectivity index (χ3v) is 3.55. The summed E-state index contributed by atoms with van der Waals surface area (Å²) in [5.41, 5.74) is -0.607. The minimum Gasteiger partial charge on any atom is -0.386 e. The third-order valence-electron chi connectivity index (χ3n) is 3.55. The summed E-state index contributed by atoms with van der Waals surface area (Å²) in [5, 5.41) is 13.1. The van der Waals surface area contributed by atoms with Crippen LogP contribution in [-0.4, -0.2) is 47.2 Å². The SMILES string of the molecule is CCC1(O)CN(C(=O)C2CCCCN2)C1. The molecule has 2 aliphatic rings. The average molecular weight is 212 g/mol. The smallest absolute Gasteiger partial charge is 0.239 e. The standard InChI is InChI=1S/C11H20N2O2/c1-2-11(15)7-13(8-11)10(14)9-5-3-4-6-12-9/h9,12,15H,2-8H2,1H3. The maximum absolute atomic E-state index is 11.9. The Morgan fingerprint density at radius 2 is 2.27 bits per heavy atom. The van der Waals surface area contributed by atoms with Gasteiger partial charge in [-0.15, -0.1) is 0 Å². The zero-order valence-corrected chi connectivity index (χ0v) is 9.33. The van der Waals surface area contributed by atoms with Crippen LogP contribution >= 0.6 is 0 Å². The van der Waals surface area contributed by atoms with Gasteiger partial charge >= 0.3 is 0 Å². The van der Waals surface area contributed by atoms with Crippen molar-refractivity contribution in [2.75, 3.05) is 19.6 Å². The summed E-state index contributed by atoms with van der Waals surface area (Å²) in [4.78, 5) is 13.7. The van der Waals surface area contributed by atoms with Crippen LogP contribution in [0.2, 0.25) is 0 Å². The van der Waals surface area contributed by atoms with E-state index in [0.717, 1.165) is 25.8 Å². The molecule has 15 heavy (non-hydrogen) atoms. The van der Waals surface area contributed by atoms with Crippen LogP contribution in [-0.2, 0) is 4.79 Å². The first-order valence-electron chi connectivity index (χ1n) is 5.89. The molecule has 1 atom stereocenters. The van der Waals surface area contributed by atoms with Gasteiger partial charge in [0.25, 0.3) is 0 Å².